The van der Waals surface area contributed by atoms with E-state index in [2.05, 4.69) is 21.3 Å². The Morgan fingerprint density at radius 1 is 0.862 bits per heavy atom. The molecule has 0 aromatic heterocycles. The predicted molar refractivity (Wildman–Crippen MR) is 115 cm³/mol. The van der Waals surface area contributed by atoms with E-state index in [1.165, 1.54) is 0 Å². The van der Waals surface area contributed by atoms with Crippen molar-refractivity contribution in [1.29, 1.82) is 0 Å². The molecule has 0 bridgehead atoms. The Hall–Kier alpha value is -3.35. The average Bonchev–Trinajstić information content (AvgIpc) is 2.66. The van der Waals surface area contributed by atoms with Gasteiger partial charge in [-0.05, 0) is 70.2 Å². The molecule has 0 aliphatic carbocycles. The van der Waals surface area contributed by atoms with Crippen LogP contribution in [0.2, 0.25) is 0 Å². The van der Waals surface area contributed by atoms with Crippen LogP contribution in [-0.2, 0) is 4.79 Å². The van der Waals surface area contributed by atoms with Gasteiger partial charge in [0.15, 0.2) is 0 Å². The van der Waals surface area contributed by atoms with Crippen LogP contribution in [0.4, 0.5) is 11.4 Å². The number of benzene rings is 2. The van der Waals surface area contributed by atoms with Crippen LogP contribution in [0.5, 0.6) is 0 Å². The van der Waals surface area contributed by atoms with Crippen LogP contribution >= 0.6 is 0 Å². The number of hydrogen-bond acceptors (Lipinski definition) is 4. The van der Waals surface area contributed by atoms with E-state index < -0.39 is 0 Å². The molecular weight excluding hydrogens is 368 g/mol. The van der Waals surface area contributed by atoms with E-state index in [9.17, 15) is 14.4 Å². The maximum absolute atomic E-state index is 12.2. The lowest BCUT2D eigenvalue weighted by Crippen LogP contribution is -2.40. The minimum absolute atomic E-state index is 0.0545. The second kappa shape index (κ2) is 9.73. The maximum atomic E-state index is 12.2. The first-order valence-corrected chi connectivity index (χ1v) is 9.52. The van der Waals surface area contributed by atoms with E-state index in [0.717, 1.165) is 5.69 Å². The van der Waals surface area contributed by atoms with Crippen molar-refractivity contribution in [3.63, 3.8) is 0 Å². The molecule has 2 aromatic carbocycles. The summed E-state index contributed by atoms with van der Waals surface area (Å²) in [5, 5.41) is 11.4. The fourth-order valence-electron chi connectivity index (χ4n) is 2.54. The fraction of sp³-hybridized carbons (Fsp3) is 0.318. The lowest BCUT2D eigenvalue weighted by molar-refractivity contribution is -0.114. The third-order valence-corrected chi connectivity index (χ3v) is 3.83. The summed E-state index contributed by atoms with van der Waals surface area (Å²) in [6, 6.07) is 13.7. The van der Waals surface area contributed by atoms with E-state index >= 15 is 0 Å². The number of carbonyl (C=O) groups excluding carboxylic acids is 3. The predicted octanol–water partition coefficient (Wildman–Crippen LogP) is 3.02. The third kappa shape index (κ3) is 7.29. The van der Waals surface area contributed by atoms with Gasteiger partial charge in [-0.15, -0.1) is 0 Å². The van der Waals surface area contributed by atoms with E-state index in [1.807, 2.05) is 27.7 Å². The summed E-state index contributed by atoms with van der Waals surface area (Å²) in [5.41, 5.74) is 2.01. The Bertz CT molecular complexity index is 870. The van der Waals surface area contributed by atoms with E-state index in [0.29, 0.717) is 23.4 Å². The van der Waals surface area contributed by atoms with Crippen molar-refractivity contribution in [2.45, 2.75) is 33.2 Å². The Morgan fingerprint density at radius 3 is 2.17 bits per heavy atom. The molecule has 0 aliphatic heterocycles. The SMILES string of the molecule is CCNC(=O)c1cccc(NC(=O)CNc2ccc(C(=O)NC(C)(C)C)cc2)c1. The molecule has 7 nitrogen and oxygen atoms in total. The Labute approximate surface area is 171 Å². The van der Waals surface area contributed by atoms with Crippen molar-refractivity contribution in [2.75, 3.05) is 23.7 Å². The topological polar surface area (TPSA) is 99.3 Å². The standard InChI is InChI=1S/C22H28N4O3/c1-5-23-20(28)16-7-6-8-18(13-16)25-19(27)14-24-17-11-9-15(10-12-17)21(29)26-22(2,3)4/h6-13,24H,5,14H2,1-4H3,(H,23,28)(H,25,27)(H,26,29). The van der Waals surface area contributed by atoms with Crippen molar-refractivity contribution < 1.29 is 14.4 Å². The molecule has 3 amide bonds. The van der Waals surface area contributed by atoms with Gasteiger partial charge in [0.1, 0.15) is 0 Å². The molecule has 0 radical (unpaired) electrons. The summed E-state index contributed by atoms with van der Waals surface area (Å²) < 4.78 is 0. The van der Waals surface area contributed by atoms with E-state index in [-0.39, 0.29) is 29.8 Å². The minimum Gasteiger partial charge on any atom is -0.376 e. The van der Waals surface area contributed by atoms with Crippen LogP contribution < -0.4 is 21.3 Å². The summed E-state index contributed by atoms with van der Waals surface area (Å²) in [6.07, 6.45) is 0. The van der Waals surface area contributed by atoms with Gasteiger partial charge in [0.2, 0.25) is 5.91 Å². The van der Waals surface area contributed by atoms with Gasteiger partial charge in [-0.3, -0.25) is 14.4 Å². The van der Waals surface area contributed by atoms with Crippen molar-refractivity contribution in [3.8, 4) is 0 Å². The molecule has 29 heavy (non-hydrogen) atoms. The highest BCUT2D eigenvalue weighted by Crippen LogP contribution is 2.13. The molecule has 0 fully saturated rings. The van der Waals surface area contributed by atoms with Crippen molar-refractivity contribution in [2.24, 2.45) is 0 Å². The number of hydrogen-bond donors (Lipinski definition) is 4. The molecule has 2 aromatic rings. The van der Waals surface area contributed by atoms with Gasteiger partial charge < -0.3 is 21.3 Å². The van der Waals surface area contributed by atoms with Gasteiger partial charge in [0, 0.05) is 34.6 Å². The minimum atomic E-state index is -0.305. The molecule has 0 unspecified atom stereocenters. The molecule has 0 atom stereocenters. The molecule has 4 N–H and O–H groups in total. The molecule has 0 aliphatic rings. The molecular formula is C22H28N4O3. The van der Waals surface area contributed by atoms with Gasteiger partial charge in [0.05, 0.1) is 6.54 Å². The molecule has 154 valence electrons. The third-order valence-electron chi connectivity index (χ3n) is 3.83. The van der Waals surface area contributed by atoms with Crippen LogP contribution in [0.25, 0.3) is 0 Å². The first kappa shape index (κ1) is 21.9. The molecule has 0 heterocycles. The number of anilines is 2. The van der Waals surface area contributed by atoms with Crippen molar-refractivity contribution in [1.82, 2.24) is 10.6 Å². The summed E-state index contributed by atoms with van der Waals surface area (Å²) in [7, 11) is 0. The molecule has 7 heteroatoms. The summed E-state index contributed by atoms with van der Waals surface area (Å²) in [6.45, 7) is 8.20. The Kier molecular flexibility index (Phi) is 7.36. The monoisotopic (exact) mass is 396 g/mol. The van der Waals surface area contributed by atoms with Crippen LogP contribution in [0.15, 0.2) is 48.5 Å². The number of carbonyl (C=O) groups is 3. The van der Waals surface area contributed by atoms with Gasteiger partial charge in [-0.2, -0.15) is 0 Å². The zero-order valence-corrected chi connectivity index (χ0v) is 17.3. The Balaban J connectivity index is 1.89. The maximum Gasteiger partial charge on any atom is 0.251 e. The summed E-state index contributed by atoms with van der Waals surface area (Å²) >= 11 is 0. The van der Waals surface area contributed by atoms with Crippen LogP contribution in [0.3, 0.4) is 0 Å². The molecule has 2 rings (SSSR count). The lowest BCUT2D eigenvalue weighted by Gasteiger charge is -2.20. The van der Waals surface area contributed by atoms with Crippen LogP contribution in [0.1, 0.15) is 48.4 Å². The van der Waals surface area contributed by atoms with Gasteiger partial charge in [-0.25, -0.2) is 0 Å². The van der Waals surface area contributed by atoms with Gasteiger partial charge in [0.25, 0.3) is 11.8 Å². The zero-order chi connectivity index (χ0) is 21.4. The zero-order valence-electron chi connectivity index (χ0n) is 17.3. The largest absolute Gasteiger partial charge is 0.376 e. The van der Waals surface area contributed by atoms with E-state index in [1.54, 1.807) is 48.5 Å². The van der Waals surface area contributed by atoms with Gasteiger partial charge in [-0.1, -0.05) is 6.07 Å². The number of amides is 3. The summed E-state index contributed by atoms with van der Waals surface area (Å²) in [5.74, 6) is -0.571. The highest BCUT2D eigenvalue weighted by atomic mass is 16.2. The van der Waals surface area contributed by atoms with Crippen molar-refractivity contribution in [3.05, 3.63) is 59.7 Å². The number of nitrogens with one attached hydrogen (secondary N) is 4. The number of rotatable bonds is 7. The quantitative estimate of drug-likeness (QED) is 0.578. The average molecular weight is 396 g/mol. The first-order chi connectivity index (χ1) is 13.7. The molecule has 0 saturated heterocycles. The van der Waals surface area contributed by atoms with Gasteiger partial charge >= 0.3 is 0 Å². The van der Waals surface area contributed by atoms with Crippen LogP contribution in [0, 0.1) is 0 Å². The lowest BCUT2D eigenvalue weighted by atomic mass is 10.1. The molecule has 0 spiro atoms. The Morgan fingerprint density at radius 2 is 1.55 bits per heavy atom. The van der Waals surface area contributed by atoms with Crippen molar-refractivity contribution >= 4 is 29.1 Å². The summed E-state index contributed by atoms with van der Waals surface area (Å²) in [4.78, 5) is 36.2. The first-order valence-electron chi connectivity index (χ1n) is 9.52. The highest BCUT2D eigenvalue weighted by Gasteiger charge is 2.15. The smallest absolute Gasteiger partial charge is 0.251 e. The van der Waals surface area contributed by atoms with Crippen LogP contribution in [-0.4, -0.2) is 36.3 Å². The second-order valence-electron chi connectivity index (χ2n) is 7.62. The second-order valence-corrected chi connectivity index (χ2v) is 7.62. The highest BCUT2D eigenvalue weighted by molar-refractivity contribution is 5.98. The van der Waals surface area contributed by atoms with E-state index in [4.69, 9.17) is 0 Å². The normalized spacial score (nSPS) is 10.8. The fourth-order valence-corrected chi connectivity index (χ4v) is 2.54. The molecule has 0 saturated carbocycles.